The Bertz CT molecular complexity index is 1770. The van der Waals surface area contributed by atoms with Crippen molar-refractivity contribution in [2.75, 3.05) is 0 Å². The molecule has 0 amide bonds. The number of nitrogens with one attached hydrogen (secondary N) is 1. The van der Waals surface area contributed by atoms with E-state index in [9.17, 15) is 14.4 Å². The molecule has 0 fully saturated rings. The topological polar surface area (TPSA) is 69.5 Å². The molecule has 0 saturated carbocycles. The molecule has 0 aliphatic heterocycles. The van der Waals surface area contributed by atoms with Gasteiger partial charge in [-0.15, -0.1) is 0 Å². The number of imidazole rings is 1. The number of allylic oxidation sites excluding steroid dienone is 5. The summed E-state index contributed by atoms with van der Waals surface area (Å²) in [4.78, 5) is 19.8. The van der Waals surface area contributed by atoms with E-state index < -0.39 is 0 Å². The number of ketones is 1. The quantitative estimate of drug-likeness (QED) is 0.202. The molecule has 1 aliphatic carbocycles. The van der Waals surface area contributed by atoms with E-state index in [-0.39, 0.29) is 17.2 Å². The van der Waals surface area contributed by atoms with Crippen molar-refractivity contribution in [3.8, 4) is 17.5 Å². The molecule has 1 aliphatic rings. The summed E-state index contributed by atoms with van der Waals surface area (Å²) < 4.78 is 14.0. The highest BCUT2D eigenvalue weighted by atomic mass is 35.5. The first-order chi connectivity index (χ1) is 22.5. The van der Waals surface area contributed by atoms with E-state index in [0.29, 0.717) is 45.9 Å². The zero-order valence-electron chi connectivity index (χ0n) is 29.4. The van der Waals surface area contributed by atoms with Crippen LogP contribution in [-0.4, -0.2) is 15.8 Å². The van der Waals surface area contributed by atoms with Gasteiger partial charge in [0.25, 0.3) is 0 Å². The van der Waals surface area contributed by atoms with Gasteiger partial charge in [-0.25, -0.2) is 9.37 Å². The molecule has 248 valence electrons. The van der Waals surface area contributed by atoms with Crippen LogP contribution in [-0.2, 0) is 4.79 Å². The van der Waals surface area contributed by atoms with Gasteiger partial charge in [0.05, 0.1) is 22.7 Å². The molecule has 3 aromatic carbocycles. The Balaban J connectivity index is 0.000000402. The van der Waals surface area contributed by atoms with E-state index in [0.717, 1.165) is 28.1 Å². The largest absolute Gasteiger partial charge is 0.338 e. The summed E-state index contributed by atoms with van der Waals surface area (Å²) in [5, 5.41) is 9.99. The van der Waals surface area contributed by atoms with E-state index in [4.69, 9.17) is 11.6 Å². The summed E-state index contributed by atoms with van der Waals surface area (Å²) in [6, 6.07) is 19.4. The van der Waals surface area contributed by atoms with Crippen molar-refractivity contribution in [1.82, 2.24) is 9.97 Å². The van der Waals surface area contributed by atoms with Crippen LogP contribution in [0.25, 0.3) is 28.0 Å². The fourth-order valence-electron chi connectivity index (χ4n) is 5.62. The average Bonchev–Trinajstić information content (AvgIpc) is 3.49. The second-order valence-corrected chi connectivity index (χ2v) is 11.5. The van der Waals surface area contributed by atoms with Gasteiger partial charge in [-0.2, -0.15) is 5.26 Å². The second-order valence-electron chi connectivity index (χ2n) is 11.1. The number of carbonyl (C=O) groups excluding carboxylic acids is 1. The molecule has 1 atom stereocenters. The van der Waals surface area contributed by atoms with Crippen molar-refractivity contribution in [3.05, 3.63) is 117 Å². The Kier molecular flexibility index (Phi) is 15.5. The number of rotatable bonds is 7. The molecule has 0 saturated heterocycles. The molecule has 0 bridgehead atoms. The molecule has 6 heteroatoms. The molecular formula is C41H49ClFN3O. The first-order valence-electron chi connectivity index (χ1n) is 16.6. The maximum Gasteiger partial charge on any atom is 0.155 e. The lowest BCUT2D eigenvalue weighted by atomic mass is 9.82. The van der Waals surface area contributed by atoms with Gasteiger partial charge in [0, 0.05) is 22.2 Å². The predicted molar refractivity (Wildman–Crippen MR) is 198 cm³/mol. The zero-order chi connectivity index (χ0) is 35.3. The smallest absolute Gasteiger partial charge is 0.155 e. The number of Topliss-reactive ketones (excluding diaryl/α,β-unsaturated/α-hetero) is 1. The molecule has 1 heterocycles. The number of benzene rings is 3. The van der Waals surface area contributed by atoms with Gasteiger partial charge >= 0.3 is 0 Å². The Morgan fingerprint density at radius 1 is 1.06 bits per heavy atom. The van der Waals surface area contributed by atoms with Crippen LogP contribution < -0.4 is 0 Å². The number of nitriles is 1. The van der Waals surface area contributed by atoms with Crippen LogP contribution in [0.5, 0.6) is 0 Å². The van der Waals surface area contributed by atoms with Crippen molar-refractivity contribution >= 4 is 34.0 Å². The monoisotopic (exact) mass is 653 g/mol. The third-order valence-electron chi connectivity index (χ3n) is 7.97. The number of aromatic amines is 1. The first kappa shape index (κ1) is 38.9. The predicted octanol–water partition coefficient (Wildman–Crippen LogP) is 12.4. The summed E-state index contributed by atoms with van der Waals surface area (Å²) >= 11 is 6.64. The third-order valence-corrected chi connectivity index (χ3v) is 8.29. The van der Waals surface area contributed by atoms with Gasteiger partial charge in [0.15, 0.2) is 5.78 Å². The van der Waals surface area contributed by atoms with E-state index in [2.05, 4.69) is 67.7 Å². The summed E-state index contributed by atoms with van der Waals surface area (Å²) in [5.74, 6) is 0.919. The zero-order valence-corrected chi connectivity index (χ0v) is 30.2. The number of aryl methyl sites for hydroxylation is 2. The van der Waals surface area contributed by atoms with Gasteiger partial charge in [-0.1, -0.05) is 103 Å². The van der Waals surface area contributed by atoms with E-state index >= 15 is 0 Å². The number of halogens is 2. The normalized spacial score (nSPS) is 12.7. The highest BCUT2D eigenvalue weighted by Crippen LogP contribution is 2.42. The van der Waals surface area contributed by atoms with Gasteiger partial charge in [0.2, 0.25) is 0 Å². The minimum Gasteiger partial charge on any atom is -0.338 e. The minimum atomic E-state index is -0.318. The van der Waals surface area contributed by atoms with Gasteiger partial charge < -0.3 is 4.98 Å². The number of carbonyl (C=O) groups is 1. The third kappa shape index (κ3) is 9.62. The summed E-state index contributed by atoms with van der Waals surface area (Å²) in [5.41, 5.74) is 8.52. The van der Waals surface area contributed by atoms with Gasteiger partial charge in [0.1, 0.15) is 11.6 Å². The van der Waals surface area contributed by atoms with Crippen molar-refractivity contribution in [3.63, 3.8) is 0 Å². The molecule has 47 heavy (non-hydrogen) atoms. The van der Waals surface area contributed by atoms with E-state index in [1.807, 2.05) is 39.8 Å². The Labute approximate surface area is 286 Å². The maximum atomic E-state index is 14.0. The van der Waals surface area contributed by atoms with Gasteiger partial charge in [-0.05, 0) is 97.6 Å². The molecule has 1 aromatic heterocycles. The SMILES string of the molecule is C=C(C#N)C1=C(c2c(Cl)cccc2-c2nc3cc(F)c(C)cc3[nH]2)CCC(C(C)=O)=C1.CC.CC.CCCC(C)c1ccccc1C. The number of hydrogen-bond donors (Lipinski definition) is 1. The van der Waals surface area contributed by atoms with Crippen molar-refractivity contribution in [2.45, 2.75) is 93.9 Å². The standard InChI is InChI=1S/C25H19ClFN3O.C12H18.2C2H6/c1-13-9-22-23(11-21(13)27)30-25(29-22)18-5-4-6-20(26)24(18)17-8-7-16(15(3)31)10-19(17)14(2)12-28;1-4-7-10(2)12-9-6-5-8-11(12)3;2*1-2/h4-6,9-11H,2,7-8H2,1,3H3,(H,29,30);5-6,8-10H,4,7H2,1-3H3;2*1-2H3. The van der Waals surface area contributed by atoms with Crippen LogP contribution >= 0.6 is 11.6 Å². The Morgan fingerprint density at radius 2 is 1.74 bits per heavy atom. The van der Waals surface area contributed by atoms with Crippen molar-refractivity contribution in [2.24, 2.45) is 0 Å². The molecule has 0 radical (unpaired) electrons. The molecular weight excluding hydrogens is 605 g/mol. The van der Waals surface area contributed by atoms with Crippen LogP contribution in [0.3, 0.4) is 0 Å². The minimum absolute atomic E-state index is 0.0312. The molecule has 4 aromatic rings. The Morgan fingerprint density at radius 3 is 2.36 bits per heavy atom. The number of hydrogen-bond acceptors (Lipinski definition) is 3. The van der Waals surface area contributed by atoms with Crippen LogP contribution in [0.1, 0.15) is 102 Å². The van der Waals surface area contributed by atoms with Gasteiger partial charge in [-0.3, -0.25) is 4.79 Å². The average molecular weight is 654 g/mol. The fraction of sp³-hybridized carbons (Fsp3) is 0.341. The maximum absolute atomic E-state index is 14.0. The summed E-state index contributed by atoms with van der Waals surface area (Å²) in [6.07, 6.45) is 5.38. The number of fused-ring (bicyclic) bond motifs is 1. The van der Waals surface area contributed by atoms with Crippen LogP contribution in [0.4, 0.5) is 4.39 Å². The number of nitrogens with zero attached hydrogens (tertiary/aromatic N) is 2. The Hall–Kier alpha value is -4.27. The van der Waals surface area contributed by atoms with Crippen molar-refractivity contribution in [1.29, 1.82) is 5.26 Å². The number of aromatic nitrogens is 2. The van der Waals surface area contributed by atoms with Crippen LogP contribution in [0.15, 0.2) is 84.0 Å². The van der Waals surface area contributed by atoms with E-state index in [1.165, 1.54) is 37.0 Å². The fourth-order valence-corrected chi connectivity index (χ4v) is 5.91. The second kappa shape index (κ2) is 18.8. The molecule has 4 nitrogen and oxygen atoms in total. The van der Waals surface area contributed by atoms with Crippen molar-refractivity contribution < 1.29 is 9.18 Å². The van der Waals surface area contributed by atoms with Crippen LogP contribution in [0.2, 0.25) is 5.02 Å². The van der Waals surface area contributed by atoms with Crippen LogP contribution in [0, 0.1) is 31.0 Å². The number of H-pyrrole nitrogens is 1. The molecule has 1 unspecified atom stereocenters. The summed E-state index contributed by atoms with van der Waals surface area (Å²) in [7, 11) is 0. The lowest BCUT2D eigenvalue weighted by molar-refractivity contribution is -0.113. The molecule has 0 spiro atoms. The highest BCUT2D eigenvalue weighted by molar-refractivity contribution is 6.33. The lowest BCUT2D eigenvalue weighted by Gasteiger charge is -2.22. The lowest BCUT2D eigenvalue weighted by Crippen LogP contribution is -2.07. The molecule has 1 N–H and O–H groups in total. The summed E-state index contributed by atoms with van der Waals surface area (Å²) in [6.45, 7) is 21.8. The molecule has 5 rings (SSSR count). The highest BCUT2D eigenvalue weighted by Gasteiger charge is 2.24. The first-order valence-corrected chi connectivity index (χ1v) is 17.0. The van der Waals surface area contributed by atoms with E-state index in [1.54, 1.807) is 25.1 Å².